The molecule has 0 saturated carbocycles. The van der Waals surface area contributed by atoms with E-state index in [1.165, 1.54) is 29.6 Å². The van der Waals surface area contributed by atoms with Crippen LogP contribution in [0.15, 0.2) is 59.7 Å². The molecule has 0 radical (unpaired) electrons. The van der Waals surface area contributed by atoms with Crippen LogP contribution in [-0.2, 0) is 0 Å². The normalized spacial score (nSPS) is 22.6. The van der Waals surface area contributed by atoms with Gasteiger partial charge in [-0.15, -0.1) is 0 Å². The van der Waals surface area contributed by atoms with Gasteiger partial charge in [0.25, 0.3) is 0 Å². The van der Waals surface area contributed by atoms with E-state index < -0.39 is 0 Å². The van der Waals surface area contributed by atoms with Crippen LogP contribution >= 0.6 is 0 Å². The highest BCUT2D eigenvalue weighted by molar-refractivity contribution is 5.53. The highest BCUT2D eigenvalue weighted by atomic mass is 14.5. The molecule has 2 aliphatic carbocycles. The maximum absolute atomic E-state index is 5.71. The van der Waals surface area contributed by atoms with Crippen LogP contribution < -0.4 is 5.73 Å². The molecule has 0 fully saturated rings. The van der Waals surface area contributed by atoms with Crippen LogP contribution in [0.4, 0.5) is 5.69 Å². The first-order valence-electron chi connectivity index (χ1n) is 5.78. The first kappa shape index (κ1) is 9.46. The number of benzene rings is 1. The molecule has 3 rings (SSSR count). The Hall–Kier alpha value is -1.76. The van der Waals surface area contributed by atoms with Crippen molar-refractivity contribution in [1.82, 2.24) is 0 Å². The first-order chi connectivity index (χ1) is 7.84. The number of hydrogen-bond acceptors (Lipinski definition) is 1. The molecule has 1 aromatic carbocycles. The third-order valence-corrected chi connectivity index (χ3v) is 3.37. The van der Waals surface area contributed by atoms with Gasteiger partial charge in [-0.25, -0.2) is 0 Å². The van der Waals surface area contributed by atoms with Crippen molar-refractivity contribution in [3.63, 3.8) is 0 Å². The highest BCUT2D eigenvalue weighted by Gasteiger charge is 2.21. The van der Waals surface area contributed by atoms with Gasteiger partial charge in [-0.2, -0.15) is 0 Å². The van der Waals surface area contributed by atoms with Crippen LogP contribution in [0.3, 0.4) is 0 Å². The fraction of sp³-hybridized carbons (Fsp3) is 0.200. The molecule has 16 heavy (non-hydrogen) atoms. The summed E-state index contributed by atoms with van der Waals surface area (Å²) in [7, 11) is 0. The van der Waals surface area contributed by atoms with E-state index in [1.807, 2.05) is 12.1 Å². The number of anilines is 1. The van der Waals surface area contributed by atoms with E-state index >= 15 is 0 Å². The molecule has 1 atom stereocenters. The molecule has 0 saturated heterocycles. The Balaban J connectivity index is 1.97. The van der Waals surface area contributed by atoms with Crippen molar-refractivity contribution < 1.29 is 0 Å². The minimum atomic E-state index is 0.437. The van der Waals surface area contributed by atoms with Crippen molar-refractivity contribution in [2.24, 2.45) is 0 Å². The molecule has 0 spiro atoms. The monoisotopic (exact) mass is 209 g/mol. The Morgan fingerprint density at radius 3 is 2.69 bits per heavy atom. The number of hydrogen-bond donors (Lipinski definition) is 1. The second kappa shape index (κ2) is 3.67. The maximum Gasteiger partial charge on any atom is 0.0314 e. The lowest BCUT2D eigenvalue weighted by molar-refractivity contribution is 0.941. The zero-order chi connectivity index (χ0) is 11.0. The topological polar surface area (TPSA) is 26.0 Å². The summed E-state index contributed by atoms with van der Waals surface area (Å²) >= 11 is 0. The number of rotatable bonds is 1. The van der Waals surface area contributed by atoms with Crippen molar-refractivity contribution in [1.29, 1.82) is 0 Å². The SMILES string of the molecule is Nc1ccc(C2C=CC3=C2C=CCC3)cc1. The lowest BCUT2D eigenvalue weighted by Crippen LogP contribution is -1.99. The smallest absolute Gasteiger partial charge is 0.0314 e. The maximum atomic E-state index is 5.71. The second-order valence-corrected chi connectivity index (χ2v) is 4.43. The second-order valence-electron chi connectivity index (χ2n) is 4.43. The van der Waals surface area contributed by atoms with E-state index in [2.05, 4.69) is 36.4 Å². The van der Waals surface area contributed by atoms with Crippen molar-refractivity contribution >= 4 is 5.69 Å². The van der Waals surface area contributed by atoms with Gasteiger partial charge in [-0.1, -0.05) is 36.4 Å². The van der Waals surface area contributed by atoms with Gasteiger partial charge in [-0.05, 0) is 41.7 Å². The average Bonchev–Trinajstić information content (AvgIpc) is 2.74. The van der Waals surface area contributed by atoms with Gasteiger partial charge < -0.3 is 5.73 Å². The number of nitrogens with two attached hydrogens (primary N) is 1. The first-order valence-corrected chi connectivity index (χ1v) is 5.78. The highest BCUT2D eigenvalue weighted by Crippen LogP contribution is 2.38. The van der Waals surface area contributed by atoms with Crippen LogP contribution in [0.5, 0.6) is 0 Å². The third-order valence-electron chi connectivity index (χ3n) is 3.37. The quantitative estimate of drug-likeness (QED) is 0.703. The Morgan fingerprint density at radius 2 is 1.88 bits per heavy atom. The van der Waals surface area contributed by atoms with Crippen molar-refractivity contribution in [3.8, 4) is 0 Å². The van der Waals surface area contributed by atoms with E-state index in [-0.39, 0.29) is 0 Å². The minimum absolute atomic E-state index is 0.437. The molecule has 0 aliphatic heterocycles. The van der Waals surface area contributed by atoms with Crippen LogP contribution in [0.1, 0.15) is 24.3 Å². The molecule has 1 unspecified atom stereocenters. The van der Waals surface area contributed by atoms with E-state index in [9.17, 15) is 0 Å². The fourth-order valence-corrected chi connectivity index (χ4v) is 2.49. The Labute approximate surface area is 96.0 Å². The molecule has 0 amide bonds. The summed E-state index contributed by atoms with van der Waals surface area (Å²) in [6.45, 7) is 0. The van der Waals surface area contributed by atoms with Crippen molar-refractivity contribution in [3.05, 3.63) is 65.3 Å². The van der Waals surface area contributed by atoms with Crippen LogP contribution in [-0.4, -0.2) is 0 Å². The van der Waals surface area contributed by atoms with Crippen LogP contribution in [0.25, 0.3) is 0 Å². The van der Waals surface area contributed by atoms with E-state index in [1.54, 1.807) is 0 Å². The molecular formula is C15H15N. The van der Waals surface area contributed by atoms with Gasteiger partial charge >= 0.3 is 0 Å². The predicted molar refractivity (Wildman–Crippen MR) is 68.1 cm³/mol. The molecule has 1 heteroatoms. The standard InChI is InChI=1S/C15H15N/c16-13-8-5-12(6-9-13)15-10-7-11-3-1-2-4-14(11)15/h2,4-10,15H,1,3,16H2. The largest absolute Gasteiger partial charge is 0.399 e. The van der Waals surface area contributed by atoms with E-state index in [0.717, 1.165) is 5.69 Å². The van der Waals surface area contributed by atoms with E-state index in [4.69, 9.17) is 5.73 Å². The predicted octanol–water partition coefficient (Wildman–Crippen LogP) is 3.57. The number of nitrogen functional groups attached to an aromatic ring is 1. The minimum Gasteiger partial charge on any atom is -0.399 e. The Bertz CT molecular complexity index is 489. The summed E-state index contributed by atoms with van der Waals surface area (Å²) in [6, 6.07) is 8.22. The summed E-state index contributed by atoms with van der Waals surface area (Å²) in [5.74, 6) is 0.437. The lowest BCUT2D eigenvalue weighted by atomic mass is 9.89. The lowest BCUT2D eigenvalue weighted by Gasteiger charge is -2.15. The van der Waals surface area contributed by atoms with Gasteiger partial charge in [0.15, 0.2) is 0 Å². The summed E-state index contributed by atoms with van der Waals surface area (Å²) < 4.78 is 0. The molecule has 1 aromatic rings. The average molecular weight is 209 g/mol. The fourth-order valence-electron chi connectivity index (χ4n) is 2.49. The molecule has 1 nitrogen and oxygen atoms in total. The Kier molecular flexibility index (Phi) is 2.17. The zero-order valence-electron chi connectivity index (χ0n) is 9.19. The van der Waals surface area contributed by atoms with Gasteiger partial charge in [0.05, 0.1) is 0 Å². The molecule has 80 valence electrons. The van der Waals surface area contributed by atoms with Gasteiger partial charge in [0.2, 0.25) is 0 Å². The summed E-state index contributed by atoms with van der Waals surface area (Å²) in [5, 5.41) is 0. The van der Waals surface area contributed by atoms with Gasteiger partial charge in [0.1, 0.15) is 0 Å². The van der Waals surface area contributed by atoms with Crippen molar-refractivity contribution in [2.75, 3.05) is 5.73 Å². The summed E-state index contributed by atoms with van der Waals surface area (Å²) in [4.78, 5) is 0. The molecule has 2 aliphatic rings. The van der Waals surface area contributed by atoms with Gasteiger partial charge in [-0.3, -0.25) is 0 Å². The van der Waals surface area contributed by atoms with Crippen LogP contribution in [0.2, 0.25) is 0 Å². The molecule has 2 N–H and O–H groups in total. The molecule has 0 aromatic heterocycles. The van der Waals surface area contributed by atoms with Crippen LogP contribution in [0, 0.1) is 0 Å². The zero-order valence-corrected chi connectivity index (χ0v) is 9.19. The molecule has 0 bridgehead atoms. The third kappa shape index (κ3) is 1.49. The summed E-state index contributed by atoms with van der Waals surface area (Å²) in [5.41, 5.74) is 10.9. The van der Waals surface area contributed by atoms with E-state index in [0.29, 0.717) is 5.92 Å². The molecular weight excluding hydrogens is 194 g/mol. The van der Waals surface area contributed by atoms with Gasteiger partial charge in [0, 0.05) is 11.6 Å². The number of allylic oxidation sites excluding steroid dienone is 6. The van der Waals surface area contributed by atoms with Crippen molar-refractivity contribution in [2.45, 2.75) is 18.8 Å². The molecule has 0 heterocycles. The summed E-state index contributed by atoms with van der Waals surface area (Å²) in [6.07, 6.45) is 11.5. The Morgan fingerprint density at radius 1 is 1.06 bits per heavy atom.